The molecular formula is C20H27FO2. The number of aliphatic hydroxyl groups excluding tert-OH is 1. The fourth-order valence-electron chi connectivity index (χ4n) is 6.65. The van der Waals surface area contributed by atoms with Crippen LogP contribution in [-0.4, -0.2) is 22.7 Å². The summed E-state index contributed by atoms with van der Waals surface area (Å²) < 4.78 is 16.5. The monoisotopic (exact) mass is 318 g/mol. The van der Waals surface area contributed by atoms with Crippen molar-refractivity contribution in [2.75, 3.05) is 0 Å². The first-order chi connectivity index (χ1) is 10.7. The van der Waals surface area contributed by atoms with Crippen LogP contribution in [0.4, 0.5) is 4.39 Å². The molecule has 4 aliphatic carbocycles. The highest BCUT2D eigenvalue weighted by atomic mass is 19.1. The van der Waals surface area contributed by atoms with Crippen molar-refractivity contribution in [2.45, 2.75) is 64.6 Å². The van der Waals surface area contributed by atoms with Crippen LogP contribution in [0, 0.1) is 28.6 Å². The molecule has 4 aliphatic rings. The molecule has 0 aromatic carbocycles. The minimum atomic E-state index is -1.65. The van der Waals surface area contributed by atoms with Gasteiger partial charge in [-0.15, -0.1) is 0 Å². The third-order valence-corrected chi connectivity index (χ3v) is 7.62. The topological polar surface area (TPSA) is 37.3 Å². The number of ketones is 1. The van der Waals surface area contributed by atoms with E-state index in [0.29, 0.717) is 18.3 Å². The molecule has 126 valence electrons. The Morgan fingerprint density at radius 3 is 2.74 bits per heavy atom. The third kappa shape index (κ3) is 1.80. The number of rotatable bonds is 0. The lowest BCUT2D eigenvalue weighted by Crippen LogP contribution is -2.66. The highest BCUT2D eigenvalue weighted by Crippen LogP contribution is 2.68. The molecule has 0 bridgehead atoms. The van der Waals surface area contributed by atoms with Gasteiger partial charge in [0.1, 0.15) is 0 Å². The van der Waals surface area contributed by atoms with Crippen LogP contribution < -0.4 is 0 Å². The van der Waals surface area contributed by atoms with E-state index in [4.69, 9.17) is 0 Å². The lowest BCUT2D eigenvalue weighted by atomic mass is 9.46. The van der Waals surface area contributed by atoms with E-state index in [1.807, 2.05) is 6.92 Å². The Kier molecular flexibility index (Phi) is 3.09. The summed E-state index contributed by atoms with van der Waals surface area (Å²) in [6.45, 7) is 6.39. The van der Waals surface area contributed by atoms with Crippen LogP contribution in [0.15, 0.2) is 23.8 Å². The van der Waals surface area contributed by atoms with Crippen LogP contribution >= 0.6 is 0 Å². The van der Waals surface area contributed by atoms with Gasteiger partial charge >= 0.3 is 0 Å². The Morgan fingerprint density at radius 2 is 2.00 bits per heavy atom. The summed E-state index contributed by atoms with van der Waals surface area (Å²) in [7, 11) is 0. The summed E-state index contributed by atoms with van der Waals surface area (Å²) in [4.78, 5) is 11.7. The van der Waals surface area contributed by atoms with E-state index in [1.54, 1.807) is 12.2 Å². The summed E-state index contributed by atoms with van der Waals surface area (Å²) in [5.41, 5.74) is -1.55. The molecule has 3 fully saturated rings. The van der Waals surface area contributed by atoms with Gasteiger partial charge in [-0.1, -0.05) is 25.5 Å². The molecule has 0 saturated heterocycles. The van der Waals surface area contributed by atoms with Gasteiger partial charge < -0.3 is 5.11 Å². The fourth-order valence-corrected chi connectivity index (χ4v) is 6.65. The van der Waals surface area contributed by atoms with E-state index < -0.39 is 17.2 Å². The van der Waals surface area contributed by atoms with Gasteiger partial charge in [0.05, 0.1) is 6.10 Å². The Balaban J connectivity index is 1.82. The molecule has 2 nitrogen and oxygen atoms in total. The van der Waals surface area contributed by atoms with Gasteiger partial charge in [-0.3, -0.25) is 4.79 Å². The molecular weight excluding hydrogens is 291 g/mol. The molecule has 0 aromatic rings. The van der Waals surface area contributed by atoms with E-state index in [-0.39, 0.29) is 17.1 Å². The molecule has 0 aromatic heterocycles. The van der Waals surface area contributed by atoms with E-state index in [1.165, 1.54) is 6.08 Å². The van der Waals surface area contributed by atoms with E-state index in [9.17, 15) is 9.90 Å². The molecule has 3 heteroatoms. The van der Waals surface area contributed by atoms with E-state index >= 15 is 4.39 Å². The Morgan fingerprint density at radius 1 is 1.26 bits per heavy atom. The van der Waals surface area contributed by atoms with E-state index in [2.05, 4.69) is 13.8 Å². The number of alkyl halides is 1. The first-order valence-corrected chi connectivity index (χ1v) is 9.02. The molecule has 7 unspecified atom stereocenters. The molecule has 0 spiro atoms. The maximum absolute atomic E-state index is 16.5. The SMILES string of the molecule is CC1CC2C3CCC4=CC(=O)C=CC4(C)C3(F)C(O)CC2(C)C1. The van der Waals surface area contributed by atoms with Crippen LogP contribution in [0.3, 0.4) is 0 Å². The molecule has 1 N–H and O–H groups in total. The first-order valence-electron chi connectivity index (χ1n) is 9.02. The van der Waals surface area contributed by atoms with Gasteiger partial charge in [-0.05, 0) is 68.4 Å². The largest absolute Gasteiger partial charge is 0.390 e. The van der Waals surface area contributed by atoms with Crippen molar-refractivity contribution in [2.24, 2.45) is 28.6 Å². The Hall–Kier alpha value is -0.960. The van der Waals surface area contributed by atoms with Crippen LogP contribution in [0.2, 0.25) is 0 Å². The molecule has 4 rings (SSSR count). The molecule has 0 heterocycles. The summed E-state index contributed by atoms with van der Waals surface area (Å²) >= 11 is 0. The van der Waals surface area contributed by atoms with Crippen LogP contribution in [0.25, 0.3) is 0 Å². The number of hydrogen-bond donors (Lipinski definition) is 1. The summed E-state index contributed by atoms with van der Waals surface area (Å²) in [6.07, 6.45) is 8.11. The highest BCUT2D eigenvalue weighted by molar-refractivity contribution is 6.01. The Labute approximate surface area is 137 Å². The van der Waals surface area contributed by atoms with Crippen molar-refractivity contribution in [1.82, 2.24) is 0 Å². The molecule has 23 heavy (non-hydrogen) atoms. The summed E-state index contributed by atoms with van der Waals surface area (Å²) in [5.74, 6) is 0.786. The molecule has 0 amide bonds. The zero-order valence-electron chi connectivity index (χ0n) is 14.3. The predicted molar refractivity (Wildman–Crippen MR) is 87.5 cm³/mol. The zero-order chi connectivity index (χ0) is 16.6. The number of carbonyl (C=O) groups excluding carboxylic acids is 1. The van der Waals surface area contributed by atoms with Gasteiger partial charge in [-0.25, -0.2) is 4.39 Å². The smallest absolute Gasteiger partial charge is 0.178 e. The lowest BCUT2D eigenvalue weighted by molar-refractivity contribution is -0.188. The van der Waals surface area contributed by atoms with Gasteiger partial charge in [0.15, 0.2) is 11.5 Å². The standard InChI is InChI=1S/C20H27FO2/c1-12-8-16-15-5-4-13-9-14(22)6-7-19(13,3)20(15,21)17(23)11-18(16,2)10-12/h6-7,9,12,15-17,23H,4-5,8,10-11H2,1-3H3. The number of allylic oxidation sites excluding steroid dienone is 4. The number of halogens is 1. The fraction of sp³-hybridized carbons (Fsp3) is 0.750. The summed E-state index contributed by atoms with van der Waals surface area (Å²) in [6, 6.07) is 0. The highest BCUT2D eigenvalue weighted by Gasteiger charge is 2.69. The van der Waals surface area contributed by atoms with E-state index in [0.717, 1.165) is 31.3 Å². The maximum Gasteiger partial charge on any atom is 0.178 e. The minimum Gasteiger partial charge on any atom is -0.390 e. The van der Waals surface area contributed by atoms with Crippen LogP contribution in [0.5, 0.6) is 0 Å². The number of fused-ring (bicyclic) bond motifs is 5. The molecule has 0 radical (unpaired) electrons. The molecule has 3 saturated carbocycles. The number of carbonyl (C=O) groups is 1. The average molecular weight is 318 g/mol. The number of hydrogen-bond acceptors (Lipinski definition) is 2. The van der Waals surface area contributed by atoms with Crippen molar-refractivity contribution in [3.8, 4) is 0 Å². The molecule has 7 atom stereocenters. The molecule has 0 aliphatic heterocycles. The number of aliphatic hydroxyl groups is 1. The van der Waals surface area contributed by atoms with Crippen molar-refractivity contribution >= 4 is 5.78 Å². The second-order valence-electron chi connectivity index (χ2n) is 9.05. The second kappa shape index (κ2) is 4.56. The lowest BCUT2D eigenvalue weighted by Gasteiger charge is -2.61. The van der Waals surface area contributed by atoms with Gasteiger partial charge in [0, 0.05) is 11.3 Å². The summed E-state index contributed by atoms with van der Waals surface area (Å²) in [5, 5.41) is 10.9. The van der Waals surface area contributed by atoms with Gasteiger partial charge in [-0.2, -0.15) is 0 Å². The third-order valence-electron chi connectivity index (χ3n) is 7.62. The quantitative estimate of drug-likeness (QED) is 0.733. The van der Waals surface area contributed by atoms with Crippen LogP contribution in [0.1, 0.15) is 52.9 Å². The second-order valence-corrected chi connectivity index (χ2v) is 9.05. The average Bonchev–Trinajstić information content (AvgIpc) is 2.76. The maximum atomic E-state index is 16.5. The van der Waals surface area contributed by atoms with Crippen molar-refractivity contribution in [3.05, 3.63) is 23.8 Å². The normalized spacial score (nSPS) is 55.0. The predicted octanol–water partition coefficient (Wildman–Crippen LogP) is 3.99. The van der Waals surface area contributed by atoms with Crippen molar-refractivity contribution < 1.29 is 14.3 Å². The Bertz CT molecular complexity index is 623. The van der Waals surface area contributed by atoms with Gasteiger partial charge in [0.2, 0.25) is 0 Å². The van der Waals surface area contributed by atoms with Crippen LogP contribution in [-0.2, 0) is 4.79 Å². The van der Waals surface area contributed by atoms with Crippen molar-refractivity contribution in [3.63, 3.8) is 0 Å². The minimum absolute atomic E-state index is 0.0517. The zero-order valence-corrected chi connectivity index (χ0v) is 14.3. The van der Waals surface area contributed by atoms with Gasteiger partial charge in [0.25, 0.3) is 0 Å². The van der Waals surface area contributed by atoms with Crippen molar-refractivity contribution in [1.29, 1.82) is 0 Å². The first kappa shape index (κ1) is 15.6.